The number of pyridine rings is 2. The van der Waals surface area contributed by atoms with E-state index in [1.54, 1.807) is 6.20 Å². The lowest BCUT2D eigenvalue weighted by atomic mass is 10.1. The summed E-state index contributed by atoms with van der Waals surface area (Å²) >= 11 is 0. The maximum atomic E-state index is 13.0. The molecular weight excluding hydrogens is 265 g/mol. The number of halogens is 1. The normalized spacial score (nSPS) is 10.9. The zero-order chi connectivity index (χ0) is 14.5. The van der Waals surface area contributed by atoms with Crippen LogP contribution in [0.15, 0.2) is 55.0 Å². The molecule has 3 nitrogen and oxygen atoms in total. The summed E-state index contributed by atoms with van der Waals surface area (Å²) in [7, 11) is 0. The molecule has 106 valence electrons. The Kier molecular flexibility index (Phi) is 4.17. The third kappa shape index (κ3) is 3.41. The second-order valence-electron chi connectivity index (χ2n) is 4.93. The maximum Gasteiger partial charge on any atom is 0.141 e. The largest absolute Gasteiger partial charge is 0.312 e. The van der Waals surface area contributed by atoms with Crippen LogP contribution >= 0.6 is 0 Å². The number of hydrogen-bond donors (Lipinski definition) is 1. The van der Waals surface area contributed by atoms with Gasteiger partial charge >= 0.3 is 0 Å². The SMILES string of the molecule is Fc1cncc(CNCCc2cccc3cccnc23)c1. The van der Waals surface area contributed by atoms with Gasteiger partial charge in [-0.15, -0.1) is 0 Å². The highest BCUT2D eigenvalue weighted by atomic mass is 19.1. The zero-order valence-corrected chi connectivity index (χ0v) is 11.6. The van der Waals surface area contributed by atoms with Gasteiger partial charge in [-0.05, 0) is 36.2 Å². The summed E-state index contributed by atoms with van der Waals surface area (Å²) in [4.78, 5) is 8.28. The second-order valence-corrected chi connectivity index (χ2v) is 4.93. The molecule has 0 aliphatic heterocycles. The van der Waals surface area contributed by atoms with Gasteiger partial charge in [-0.25, -0.2) is 4.39 Å². The van der Waals surface area contributed by atoms with Crippen LogP contribution in [0.5, 0.6) is 0 Å². The van der Waals surface area contributed by atoms with Crippen LogP contribution in [0.2, 0.25) is 0 Å². The molecule has 0 unspecified atom stereocenters. The minimum atomic E-state index is -0.299. The molecule has 2 heterocycles. The van der Waals surface area contributed by atoms with E-state index in [-0.39, 0.29) is 5.82 Å². The van der Waals surface area contributed by atoms with Crippen molar-refractivity contribution >= 4 is 10.9 Å². The van der Waals surface area contributed by atoms with Crippen molar-refractivity contribution in [1.82, 2.24) is 15.3 Å². The summed E-state index contributed by atoms with van der Waals surface area (Å²) in [6.07, 6.45) is 5.59. The minimum absolute atomic E-state index is 0.299. The van der Waals surface area contributed by atoms with Crippen LogP contribution in [0.3, 0.4) is 0 Å². The van der Waals surface area contributed by atoms with Gasteiger partial charge in [0.25, 0.3) is 0 Å². The van der Waals surface area contributed by atoms with Gasteiger partial charge in [-0.2, -0.15) is 0 Å². The van der Waals surface area contributed by atoms with Crippen molar-refractivity contribution in [3.63, 3.8) is 0 Å². The van der Waals surface area contributed by atoms with Crippen molar-refractivity contribution in [3.8, 4) is 0 Å². The first-order chi connectivity index (χ1) is 10.3. The van der Waals surface area contributed by atoms with Gasteiger partial charge in [0.1, 0.15) is 5.82 Å². The fourth-order valence-corrected chi connectivity index (χ4v) is 2.38. The van der Waals surface area contributed by atoms with E-state index in [4.69, 9.17) is 0 Å². The van der Waals surface area contributed by atoms with E-state index < -0.39 is 0 Å². The van der Waals surface area contributed by atoms with Gasteiger partial charge in [-0.1, -0.05) is 24.3 Å². The lowest BCUT2D eigenvalue weighted by Crippen LogP contribution is -2.17. The molecule has 3 aromatic rings. The van der Waals surface area contributed by atoms with Crippen LogP contribution in [0.25, 0.3) is 10.9 Å². The number of nitrogens with zero attached hydrogens (tertiary/aromatic N) is 2. The Morgan fingerprint density at radius 3 is 2.90 bits per heavy atom. The standard InChI is InChI=1S/C17H16FN3/c18-16-9-13(11-20-12-16)10-19-8-6-15-4-1-3-14-5-2-7-21-17(14)15/h1-5,7,9,11-12,19H,6,8,10H2. The fraction of sp³-hybridized carbons (Fsp3) is 0.176. The Morgan fingerprint density at radius 1 is 1.10 bits per heavy atom. The number of para-hydroxylation sites is 1. The molecule has 3 rings (SSSR count). The first-order valence-electron chi connectivity index (χ1n) is 6.96. The molecule has 0 bridgehead atoms. The molecule has 0 aliphatic carbocycles. The van der Waals surface area contributed by atoms with Crippen LogP contribution in [0.1, 0.15) is 11.1 Å². The minimum Gasteiger partial charge on any atom is -0.312 e. The molecule has 0 fully saturated rings. The van der Waals surface area contributed by atoms with Crippen molar-refractivity contribution in [2.45, 2.75) is 13.0 Å². The molecule has 0 atom stereocenters. The topological polar surface area (TPSA) is 37.8 Å². The molecular formula is C17H16FN3. The van der Waals surface area contributed by atoms with Crippen molar-refractivity contribution in [2.24, 2.45) is 0 Å². The second kappa shape index (κ2) is 6.41. The van der Waals surface area contributed by atoms with E-state index in [9.17, 15) is 4.39 Å². The monoisotopic (exact) mass is 281 g/mol. The van der Waals surface area contributed by atoms with E-state index in [1.807, 2.05) is 12.3 Å². The Hall–Kier alpha value is -2.33. The highest BCUT2D eigenvalue weighted by molar-refractivity contribution is 5.81. The number of hydrogen-bond acceptors (Lipinski definition) is 3. The van der Waals surface area contributed by atoms with E-state index in [0.29, 0.717) is 6.54 Å². The summed E-state index contributed by atoms with van der Waals surface area (Å²) in [5.74, 6) is -0.299. The summed E-state index contributed by atoms with van der Waals surface area (Å²) < 4.78 is 13.0. The molecule has 21 heavy (non-hydrogen) atoms. The summed E-state index contributed by atoms with van der Waals surface area (Å²) in [5.41, 5.74) is 3.12. The Morgan fingerprint density at radius 2 is 2.00 bits per heavy atom. The van der Waals surface area contributed by atoms with E-state index >= 15 is 0 Å². The smallest absolute Gasteiger partial charge is 0.141 e. The maximum absolute atomic E-state index is 13.0. The van der Waals surface area contributed by atoms with Crippen molar-refractivity contribution < 1.29 is 4.39 Å². The molecule has 1 aromatic carbocycles. The Labute approximate surface area is 122 Å². The first kappa shape index (κ1) is 13.6. The zero-order valence-electron chi connectivity index (χ0n) is 11.6. The third-order valence-electron chi connectivity index (χ3n) is 3.38. The van der Waals surface area contributed by atoms with E-state index in [1.165, 1.54) is 17.8 Å². The molecule has 0 amide bonds. The van der Waals surface area contributed by atoms with E-state index in [2.05, 4.69) is 39.6 Å². The predicted molar refractivity (Wildman–Crippen MR) is 81.3 cm³/mol. The lowest BCUT2D eigenvalue weighted by Gasteiger charge is -2.07. The van der Waals surface area contributed by atoms with Crippen LogP contribution < -0.4 is 5.32 Å². The van der Waals surface area contributed by atoms with Gasteiger partial charge in [0, 0.05) is 24.3 Å². The number of nitrogens with one attached hydrogen (secondary N) is 1. The average Bonchev–Trinajstić information content (AvgIpc) is 2.52. The molecule has 2 aromatic heterocycles. The Balaban J connectivity index is 1.60. The predicted octanol–water partition coefficient (Wildman–Crippen LogP) is 3.10. The highest BCUT2D eigenvalue weighted by Crippen LogP contribution is 2.16. The van der Waals surface area contributed by atoms with Crippen molar-refractivity contribution in [3.05, 3.63) is 71.9 Å². The van der Waals surface area contributed by atoms with Gasteiger partial charge in [0.2, 0.25) is 0 Å². The van der Waals surface area contributed by atoms with Gasteiger partial charge in [-0.3, -0.25) is 9.97 Å². The van der Waals surface area contributed by atoms with Gasteiger partial charge in [0.15, 0.2) is 0 Å². The van der Waals surface area contributed by atoms with Crippen LogP contribution in [0, 0.1) is 5.82 Å². The molecule has 0 spiro atoms. The van der Waals surface area contributed by atoms with Crippen LogP contribution in [-0.4, -0.2) is 16.5 Å². The first-order valence-corrected chi connectivity index (χ1v) is 6.96. The summed E-state index contributed by atoms with van der Waals surface area (Å²) in [6.45, 7) is 1.43. The van der Waals surface area contributed by atoms with Gasteiger partial charge < -0.3 is 5.32 Å². The Bertz CT molecular complexity index is 737. The fourth-order valence-electron chi connectivity index (χ4n) is 2.38. The van der Waals surface area contributed by atoms with Gasteiger partial charge in [0.05, 0.1) is 11.7 Å². The van der Waals surface area contributed by atoms with Crippen molar-refractivity contribution in [1.29, 1.82) is 0 Å². The number of benzene rings is 1. The van der Waals surface area contributed by atoms with E-state index in [0.717, 1.165) is 29.4 Å². The molecule has 0 radical (unpaired) electrons. The number of aromatic nitrogens is 2. The van der Waals surface area contributed by atoms with Crippen LogP contribution in [-0.2, 0) is 13.0 Å². The average molecular weight is 281 g/mol. The lowest BCUT2D eigenvalue weighted by molar-refractivity contribution is 0.612. The molecule has 0 aliphatic rings. The molecule has 4 heteroatoms. The third-order valence-corrected chi connectivity index (χ3v) is 3.38. The van der Waals surface area contributed by atoms with Crippen LogP contribution in [0.4, 0.5) is 4.39 Å². The highest BCUT2D eigenvalue weighted by Gasteiger charge is 2.01. The number of fused-ring (bicyclic) bond motifs is 1. The molecule has 1 N–H and O–H groups in total. The molecule has 0 saturated carbocycles. The summed E-state index contributed by atoms with van der Waals surface area (Å²) in [6, 6.07) is 11.7. The molecule has 0 saturated heterocycles. The number of rotatable bonds is 5. The van der Waals surface area contributed by atoms with Crippen molar-refractivity contribution in [2.75, 3.05) is 6.54 Å². The quantitative estimate of drug-likeness (QED) is 0.730. The summed E-state index contributed by atoms with van der Waals surface area (Å²) in [5, 5.41) is 4.46.